The molecule has 3 heteroatoms. The maximum absolute atomic E-state index is 10.6. The number of ether oxygens (including phenoxy) is 2. The van der Waals surface area contributed by atoms with Crippen molar-refractivity contribution in [3.63, 3.8) is 0 Å². The lowest BCUT2D eigenvalue weighted by molar-refractivity contribution is -0.170. The molecule has 15 heavy (non-hydrogen) atoms. The lowest BCUT2D eigenvalue weighted by Gasteiger charge is -2.25. The molecule has 1 atom stereocenters. The van der Waals surface area contributed by atoms with Gasteiger partial charge in [-0.2, -0.15) is 0 Å². The van der Waals surface area contributed by atoms with Gasteiger partial charge < -0.3 is 14.3 Å². The highest BCUT2D eigenvalue weighted by molar-refractivity contribution is 5.49. The minimum Gasteiger partial charge on any atom is -0.353 e. The summed E-state index contributed by atoms with van der Waals surface area (Å²) < 4.78 is 11.0. The zero-order valence-corrected chi connectivity index (χ0v) is 10.2. The second kappa shape index (κ2) is 10.1. The number of aldehydes is 1. The Labute approximate surface area is 93.1 Å². The van der Waals surface area contributed by atoms with Crippen molar-refractivity contribution in [1.29, 1.82) is 0 Å². The second-order valence-corrected chi connectivity index (χ2v) is 3.58. The van der Waals surface area contributed by atoms with Gasteiger partial charge in [0.2, 0.25) is 0 Å². The molecule has 0 amide bonds. The monoisotopic (exact) mass is 216 g/mol. The Kier molecular flexibility index (Phi) is 9.84. The van der Waals surface area contributed by atoms with Crippen LogP contribution in [0.1, 0.15) is 46.5 Å². The molecule has 0 saturated heterocycles. The van der Waals surface area contributed by atoms with Gasteiger partial charge in [0.1, 0.15) is 6.29 Å². The SMILES string of the molecule is CCCCC(CC=O)C(OCC)OCC. The van der Waals surface area contributed by atoms with Crippen molar-refractivity contribution in [1.82, 2.24) is 0 Å². The third kappa shape index (κ3) is 6.63. The number of hydrogen-bond donors (Lipinski definition) is 0. The first-order valence-electron chi connectivity index (χ1n) is 5.96. The minimum absolute atomic E-state index is 0.211. The fourth-order valence-electron chi connectivity index (χ4n) is 1.60. The summed E-state index contributed by atoms with van der Waals surface area (Å²) in [5.41, 5.74) is 0. The summed E-state index contributed by atoms with van der Waals surface area (Å²) in [5, 5.41) is 0. The average Bonchev–Trinajstić information content (AvgIpc) is 2.24. The van der Waals surface area contributed by atoms with Crippen molar-refractivity contribution in [2.75, 3.05) is 13.2 Å². The molecule has 0 aliphatic rings. The van der Waals surface area contributed by atoms with Crippen molar-refractivity contribution >= 4 is 6.29 Å². The number of carbonyl (C=O) groups excluding carboxylic acids is 1. The summed E-state index contributed by atoms with van der Waals surface area (Å²) in [7, 11) is 0. The van der Waals surface area contributed by atoms with E-state index in [4.69, 9.17) is 9.47 Å². The molecule has 0 saturated carbocycles. The maximum atomic E-state index is 10.6. The minimum atomic E-state index is -0.211. The number of carbonyl (C=O) groups is 1. The van der Waals surface area contributed by atoms with Crippen LogP contribution in [0.15, 0.2) is 0 Å². The number of unbranched alkanes of at least 4 members (excludes halogenated alkanes) is 1. The number of rotatable bonds is 10. The van der Waals surface area contributed by atoms with Crippen LogP contribution in [0, 0.1) is 5.92 Å². The van der Waals surface area contributed by atoms with Crippen molar-refractivity contribution < 1.29 is 14.3 Å². The van der Waals surface area contributed by atoms with E-state index in [0.717, 1.165) is 25.5 Å². The first kappa shape index (κ1) is 14.6. The van der Waals surface area contributed by atoms with Crippen LogP contribution in [0.3, 0.4) is 0 Å². The molecular formula is C12H24O3. The van der Waals surface area contributed by atoms with Crippen LogP contribution in [0.4, 0.5) is 0 Å². The largest absolute Gasteiger partial charge is 0.353 e. The van der Waals surface area contributed by atoms with E-state index < -0.39 is 0 Å². The van der Waals surface area contributed by atoms with E-state index in [2.05, 4.69) is 6.92 Å². The second-order valence-electron chi connectivity index (χ2n) is 3.58. The molecule has 0 aliphatic carbocycles. The molecule has 0 aromatic carbocycles. The summed E-state index contributed by atoms with van der Waals surface area (Å²) in [5.74, 6) is 0.211. The van der Waals surface area contributed by atoms with Gasteiger partial charge in [-0.1, -0.05) is 19.8 Å². The Hall–Kier alpha value is -0.410. The van der Waals surface area contributed by atoms with Crippen LogP contribution in [0.5, 0.6) is 0 Å². The molecule has 0 rings (SSSR count). The molecule has 0 aromatic heterocycles. The van der Waals surface area contributed by atoms with Crippen molar-refractivity contribution in [3.8, 4) is 0 Å². The molecule has 0 N–H and O–H groups in total. The Balaban J connectivity index is 4.15. The molecule has 0 aromatic rings. The highest BCUT2D eigenvalue weighted by atomic mass is 16.7. The number of hydrogen-bond acceptors (Lipinski definition) is 3. The predicted molar refractivity (Wildman–Crippen MR) is 60.7 cm³/mol. The summed E-state index contributed by atoms with van der Waals surface area (Å²) >= 11 is 0. The van der Waals surface area contributed by atoms with Crippen LogP contribution < -0.4 is 0 Å². The zero-order valence-electron chi connectivity index (χ0n) is 10.2. The molecule has 90 valence electrons. The van der Waals surface area contributed by atoms with E-state index in [0.29, 0.717) is 19.6 Å². The maximum Gasteiger partial charge on any atom is 0.160 e. The molecule has 3 nitrogen and oxygen atoms in total. The highest BCUT2D eigenvalue weighted by Crippen LogP contribution is 2.19. The summed E-state index contributed by atoms with van der Waals surface area (Å²) in [6, 6.07) is 0. The lowest BCUT2D eigenvalue weighted by Crippen LogP contribution is -2.28. The predicted octanol–water partition coefficient (Wildman–Crippen LogP) is 2.78. The van der Waals surface area contributed by atoms with Gasteiger partial charge in [0.25, 0.3) is 0 Å². The van der Waals surface area contributed by atoms with E-state index in [1.165, 1.54) is 0 Å². The quantitative estimate of drug-likeness (QED) is 0.416. The van der Waals surface area contributed by atoms with Gasteiger partial charge in [-0.05, 0) is 20.3 Å². The molecule has 0 spiro atoms. The summed E-state index contributed by atoms with van der Waals surface area (Å²) in [6.45, 7) is 7.31. The van der Waals surface area contributed by atoms with Crippen molar-refractivity contribution in [2.45, 2.75) is 52.7 Å². The van der Waals surface area contributed by atoms with E-state index in [9.17, 15) is 4.79 Å². The molecule has 0 fully saturated rings. The summed E-state index contributed by atoms with van der Waals surface area (Å²) in [4.78, 5) is 10.6. The van der Waals surface area contributed by atoms with Gasteiger partial charge in [-0.3, -0.25) is 0 Å². The fourth-order valence-corrected chi connectivity index (χ4v) is 1.60. The van der Waals surface area contributed by atoms with Crippen LogP contribution in [-0.2, 0) is 14.3 Å². The Bertz CT molecular complexity index is 142. The molecule has 0 radical (unpaired) electrons. The van der Waals surface area contributed by atoms with Gasteiger partial charge in [0, 0.05) is 25.6 Å². The molecule has 0 aliphatic heterocycles. The van der Waals surface area contributed by atoms with E-state index in [1.54, 1.807) is 0 Å². The van der Waals surface area contributed by atoms with E-state index >= 15 is 0 Å². The molecule has 1 unspecified atom stereocenters. The van der Waals surface area contributed by atoms with Gasteiger partial charge in [-0.25, -0.2) is 0 Å². The summed E-state index contributed by atoms with van der Waals surface area (Å²) in [6.07, 6.45) is 4.54. The van der Waals surface area contributed by atoms with Gasteiger partial charge in [0.15, 0.2) is 6.29 Å². The average molecular weight is 216 g/mol. The standard InChI is InChI=1S/C12H24O3/c1-4-7-8-11(9-10-13)12(14-5-2)15-6-3/h10-12H,4-9H2,1-3H3. The topological polar surface area (TPSA) is 35.5 Å². The third-order valence-corrected chi connectivity index (χ3v) is 2.37. The molecule has 0 bridgehead atoms. The van der Waals surface area contributed by atoms with E-state index in [-0.39, 0.29) is 12.2 Å². The fraction of sp³-hybridized carbons (Fsp3) is 0.917. The highest BCUT2D eigenvalue weighted by Gasteiger charge is 2.21. The van der Waals surface area contributed by atoms with Gasteiger partial charge in [-0.15, -0.1) is 0 Å². The first-order valence-corrected chi connectivity index (χ1v) is 5.96. The van der Waals surface area contributed by atoms with Crippen LogP contribution >= 0.6 is 0 Å². The van der Waals surface area contributed by atoms with Crippen molar-refractivity contribution in [3.05, 3.63) is 0 Å². The zero-order chi connectivity index (χ0) is 11.5. The first-order chi connectivity index (χ1) is 7.29. The smallest absolute Gasteiger partial charge is 0.160 e. The van der Waals surface area contributed by atoms with Crippen molar-refractivity contribution in [2.24, 2.45) is 5.92 Å². The third-order valence-electron chi connectivity index (χ3n) is 2.37. The van der Waals surface area contributed by atoms with Crippen LogP contribution in [-0.4, -0.2) is 25.8 Å². The van der Waals surface area contributed by atoms with Gasteiger partial charge in [0.05, 0.1) is 0 Å². The van der Waals surface area contributed by atoms with Crippen LogP contribution in [0.2, 0.25) is 0 Å². The molecular weight excluding hydrogens is 192 g/mol. The Morgan fingerprint density at radius 3 is 2.13 bits per heavy atom. The normalized spacial score (nSPS) is 13.1. The van der Waals surface area contributed by atoms with Crippen LogP contribution in [0.25, 0.3) is 0 Å². The van der Waals surface area contributed by atoms with Gasteiger partial charge >= 0.3 is 0 Å². The Morgan fingerprint density at radius 2 is 1.73 bits per heavy atom. The van der Waals surface area contributed by atoms with E-state index in [1.807, 2.05) is 13.8 Å². The lowest BCUT2D eigenvalue weighted by atomic mass is 9.98. The Morgan fingerprint density at radius 1 is 1.13 bits per heavy atom. The molecule has 0 heterocycles.